The molecule has 47 heavy (non-hydrogen) atoms. The van der Waals surface area contributed by atoms with Gasteiger partial charge < -0.3 is 4.55 Å². The molecular formula is C42H49O3PS. The molecule has 0 bridgehead atoms. The molecule has 0 aliphatic heterocycles. The summed E-state index contributed by atoms with van der Waals surface area (Å²) < 4.78 is 33.5. The van der Waals surface area contributed by atoms with E-state index in [0.717, 1.165) is 12.8 Å². The minimum Gasteiger partial charge on any atom is -0.744 e. The van der Waals surface area contributed by atoms with Crippen LogP contribution in [0.5, 0.6) is 0 Å². The van der Waals surface area contributed by atoms with Crippen molar-refractivity contribution in [3.05, 3.63) is 151 Å². The molecule has 0 fully saturated rings. The largest absolute Gasteiger partial charge is 0.744 e. The molecule has 5 heteroatoms. The first-order chi connectivity index (χ1) is 23.0. The van der Waals surface area contributed by atoms with E-state index in [1.54, 1.807) is 18.2 Å². The van der Waals surface area contributed by atoms with Gasteiger partial charge in [-0.15, -0.1) is 0 Å². The highest BCUT2D eigenvalue weighted by molar-refractivity contribution is 8.01. The van der Waals surface area contributed by atoms with Crippen LogP contribution in [0.15, 0.2) is 150 Å². The molecule has 0 unspecified atom stereocenters. The minimum atomic E-state index is -4.35. The standard InChI is InChI=1S/C24H20P.C18H30O3S/c1-5-13-21(14-6-1)25(22-15-7-2-8-16-22,23-17-9-3-10-18-23)24-19-11-4-12-20-24;1-2-3-4-5-6-7-8-9-10-11-14-17-15-12-13-16-18(17)22(19,20)21/h1-20H;12-13,15-16H,2-11,14H2,1H3,(H,19,20,21)/q+1;/p-1. The molecule has 5 aromatic rings. The maximum absolute atomic E-state index is 11.2. The first kappa shape index (κ1) is 36.3. The second kappa shape index (κ2) is 19.3. The van der Waals surface area contributed by atoms with Gasteiger partial charge in [0.1, 0.15) is 38.6 Å². The van der Waals surface area contributed by atoms with Gasteiger partial charge in [0, 0.05) is 0 Å². The topological polar surface area (TPSA) is 57.2 Å². The van der Waals surface area contributed by atoms with Crippen molar-refractivity contribution in [3.8, 4) is 0 Å². The van der Waals surface area contributed by atoms with Crippen LogP contribution in [0.3, 0.4) is 0 Å². The Bertz CT molecular complexity index is 1510. The van der Waals surface area contributed by atoms with Crippen LogP contribution in [-0.2, 0) is 16.5 Å². The third-order valence-corrected chi connectivity index (χ3v) is 13.8. The highest BCUT2D eigenvalue weighted by Gasteiger charge is 2.47. The summed E-state index contributed by atoms with van der Waals surface area (Å²) in [6, 6.07) is 50.4. The van der Waals surface area contributed by atoms with Crippen molar-refractivity contribution in [1.29, 1.82) is 0 Å². The summed E-state index contributed by atoms with van der Waals surface area (Å²) in [5.74, 6) is 0. The zero-order valence-electron chi connectivity index (χ0n) is 27.7. The summed E-state index contributed by atoms with van der Waals surface area (Å²) in [6.07, 6.45) is 13.2. The van der Waals surface area contributed by atoms with Crippen LogP contribution < -0.4 is 21.2 Å². The van der Waals surface area contributed by atoms with Crippen molar-refractivity contribution in [2.45, 2.75) is 82.4 Å². The Balaban J connectivity index is 0.000000215. The van der Waals surface area contributed by atoms with E-state index in [9.17, 15) is 13.0 Å². The van der Waals surface area contributed by atoms with Gasteiger partial charge in [-0.25, -0.2) is 8.42 Å². The number of rotatable bonds is 16. The number of hydrogen-bond donors (Lipinski definition) is 0. The van der Waals surface area contributed by atoms with E-state index in [0.29, 0.717) is 12.0 Å². The fourth-order valence-corrected chi connectivity index (χ4v) is 11.3. The zero-order chi connectivity index (χ0) is 33.2. The minimum absolute atomic E-state index is 0.0501. The summed E-state index contributed by atoms with van der Waals surface area (Å²) in [4.78, 5) is -0.0501. The summed E-state index contributed by atoms with van der Waals surface area (Å²) in [6.45, 7) is 2.23. The summed E-state index contributed by atoms with van der Waals surface area (Å²) >= 11 is 0. The normalized spacial score (nSPS) is 11.4. The average Bonchev–Trinajstić information content (AvgIpc) is 3.11. The van der Waals surface area contributed by atoms with E-state index < -0.39 is 17.4 Å². The van der Waals surface area contributed by atoms with Crippen LogP contribution in [-0.4, -0.2) is 13.0 Å². The van der Waals surface area contributed by atoms with E-state index in [2.05, 4.69) is 128 Å². The van der Waals surface area contributed by atoms with E-state index >= 15 is 0 Å². The molecule has 0 radical (unpaired) electrons. The third-order valence-electron chi connectivity index (χ3n) is 8.62. The van der Waals surface area contributed by atoms with Gasteiger partial charge in [0.25, 0.3) is 0 Å². The van der Waals surface area contributed by atoms with Crippen LogP contribution in [0.1, 0.15) is 76.7 Å². The summed E-state index contributed by atoms with van der Waals surface area (Å²) in [7, 11) is -6.25. The lowest BCUT2D eigenvalue weighted by atomic mass is 10.0. The highest BCUT2D eigenvalue weighted by Crippen LogP contribution is 2.54. The summed E-state index contributed by atoms with van der Waals surface area (Å²) in [5.41, 5.74) is 0.664. The predicted octanol–water partition coefficient (Wildman–Crippen LogP) is 9.36. The first-order valence-electron chi connectivity index (χ1n) is 17.1. The Morgan fingerprint density at radius 2 is 0.766 bits per heavy atom. The lowest BCUT2D eigenvalue weighted by Crippen LogP contribution is -2.38. The van der Waals surface area contributed by atoms with Gasteiger partial charge in [0.15, 0.2) is 0 Å². The van der Waals surface area contributed by atoms with Crippen molar-refractivity contribution in [3.63, 3.8) is 0 Å². The Hall–Kier alpha value is -3.56. The van der Waals surface area contributed by atoms with E-state index in [1.807, 2.05) is 0 Å². The predicted molar refractivity (Wildman–Crippen MR) is 201 cm³/mol. The number of hydrogen-bond acceptors (Lipinski definition) is 3. The molecule has 0 N–H and O–H groups in total. The Kier molecular flexibility index (Phi) is 14.9. The quantitative estimate of drug-likeness (QED) is 0.0600. The van der Waals surface area contributed by atoms with Gasteiger partial charge >= 0.3 is 0 Å². The molecule has 0 atom stereocenters. The van der Waals surface area contributed by atoms with Crippen molar-refractivity contribution in [2.24, 2.45) is 0 Å². The van der Waals surface area contributed by atoms with Gasteiger partial charge in [-0.1, -0.05) is 156 Å². The SMILES string of the molecule is CCCCCCCCCCCCc1ccccc1S(=O)(=O)[O-].c1ccc([P+](c2ccccc2)(c2ccccc2)c2ccccc2)cc1. The highest BCUT2D eigenvalue weighted by atomic mass is 32.2. The molecule has 0 heterocycles. The molecule has 5 aromatic carbocycles. The number of unbranched alkanes of at least 4 members (excludes halogenated alkanes) is 9. The molecule has 0 aliphatic carbocycles. The van der Waals surface area contributed by atoms with Crippen molar-refractivity contribution in [2.75, 3.05) is 0 Å². The van der Waals surface area contributed by atoms with E-state index in [1.165, 1.54) is 78.7 Å². The Morgan fingerprint density at radius 3 is 1.13 bits per heavy atom. The van der Waals surface area contributed by atoms with Gasteiger partial charge in [-0.2, -0.15) is 0 Å². The summed E-state index contributed by atoms with van der Waals surface area (Å²) in [5, 5.41) is 5.55. The average molecular weight is 665 g/mol. The second-order valence-electron chi connectivity index (χ2n) is 12.0. The van der Waals surface area contributed by atoms with Gasteiger partial charge in [0.2, 0.25) is 0 Å². The molecular weight excluding hydrogens is 616 g/mol. The lowest BCUT2D eigenvalue weighted by molar-refractivity contribution is 0.461. The Labute approximate surface area is 284 Å². The van der Waals surface area contributed by atoms with Gasteiger partial charge in [-0.3, -0.25) is 0 Å². The smallest absolute Gasteiger partial charge is 0.144 e. The van der Waals surface area contributed by atoms with Crippen LogP contribution >= 0.6 is 7.26 Å². The third kappa shape index (κ3) is 10.5. The van der Waals surface area contributed by atoms with Crippen molar-refractivity contribution in [1.82, 2.24) is 0 Å². The van der Waals surface area contributed by atoms with Crippen LogP contribution in [0.25, 0.3) is 0 Å². The van der Waals surface area contributed by atoms with E-state index in [4.69, 9.17) is 0 Å². The van der Waals surface area contributed by atoms with E-state index in [-0.39, 0.29) is 4.90 Å². The molecule has 0 aromatic heterocycles. The molecule has 0 aliphatic rings. The van der Waals surface area contributed by atoms with Crippen LogP contribution in [0.4, 0.5) is 0 Å². The molecule has 0 saturated heterocycles. The molecule has 0 saturated carbocycles. The molecule has 3 nitrogen and oxygen atoms in total. The van der Waals surface area contributed by atoms with Crippen LogP contribution in [0, 0.1) is 0 Å². The molecule has 246 valence electrons. The molecule has 0 amide bonds. The number of aryl methyl sites for hydroxylation is 1. The van der Waals surface area contributed by atoms with Crippen molar-refractivity contribution >= 4 is 38.6 Å². The lowest BCUT2D eigenvalue weighted by Gasteiger charge is -2.27. The second-order valence-corrected chi connectivity index (χ2v) is 16.8. The van der Waals surface area contributed by atoms with Crippen molar-refractivity contribution < 1.29 is 13.0 Å². The number of benzene rings is 5. The maximum Gasteiger partial charge on any atom is 0.144 e. The maximum atomic E-state index is 11.2. The Morgan fingerprint density at radius 1 is 0.447 bits per heavy atom. The van der Waals surface area contributed by atoms with Gasteiger partial charge in [-0.05, 0) is 73.0 Å². The van der Waals surface area contributed by atoms with Crippen LogP contribution in [0.2, 0.25) is 0 Å². The monoisotopic (exact) mass is 664 g/mol. The molecule has 0 spiro atoms. The zero-order valence-corrected chi connectivity index (χ0v) is 29.4. The van der Waals surface area contributed by atoms with Gasteiger partial charge in [0.05, 0.1) is 4.90 Å². The first-order valence-corrected chi connectivity index (χ1v) is 20.3. The molecule has 5 rings (SSSR count). The fourth-order valence-electron chi connectivity index (χ4n) is 6.26. The fraction of sp³-hybridized carbons (Fsp3) is 0.286.